The lowest BCUT2D eigenvalue weighted by atomic mass is 9.89. The number of carbonyl (C=O) groups excluding carboxylic acids is 1. The van der Waals surface area contributed by atoms with Gasteiger partial charge in [-0.1, -0.05) is 0 Å². The van der Waals surface area contributed by atoms with Crippen LogP contribution in [0, 0.1) is 0 Å². The molecule has 0 aliphatic carbocycles. The van der Waals surface area contributed by atoms with Gasteiger partial charge in [0.05, 0.1) is 13.2 Å². The van der Waals surface area contributed by atoms with E-state index in [1.54, 1.807) is 14.1 Å². The number of nitrogens with zero attached hydrogens (tertiary/aromatic N) is 2. The van der Waals surface area contributed by atoms with Crippen LogP contribution in [0.15, 0.2) is 0 Å². The van der Waals surface area contributed by atoms with E-state index >= 15 is 0 Å². The van der Waals surface area contributed by atoms with Crippen LogP contribution >= 0.6 is 0 Å². The van der Waals surface area contributed by atoms with Crippen molar-refractivity contribution >= 4 is 5.91 Å². The molecule has 168 valence electrons. The van der Waals surface area contributed by atoms with Crippen LogP contribution < -0.4 is 5.32 Å². The number of nitrogens with one attached hydrogen (secondary N) is 1. The molecule has 3 aliphatic rings. The molecule has 9 heteroatoms. The van der Waals surface area contributed by atoms with Gasteiger partial charge in [-0.2, -0.15) is 0 Å². The summed E-state index contributed by atoms with van der Waals surface area (Å²) in [6, 6.07) is 0. The molecule has 2 N–H and O–H groups in total. The first-order chi connectivity index (χ1) is 13.5. The molecule has 3 saturated heterocycles. The summed E-state index contributed by atoms with van der Waals surface area (Å²) in [5.41, 5.74) is 0.141. The number of piperidine rings is 1. The summed E-state index contributed by atoms with van der Waals surface area (Å²) in [7, 11) is 5.34. The molecule has 0 bridgehead atoms. The van der Waals surface area contributed by atoms with Crippen LogP contribution in [0.5, 0.6) is 0 Å². The second-order valence-electron chi connectivity index (χ2n) is 9.38. The first-order valence-corrected chi connectivity index (χ1v) is 10.4. The molecule has 1 amide bonds. The molecule has 0 aromatic carbocycles. The summed E-state index contributed by atoms with van der Waals surface area (Å²) in [5, 5.41) is 13.9. The van der Waals surface area contributed by atoms with Crippen LogP contribution in [-0.4, -0.2) is 110 Å². The van der Waals surface area contributed by atoms with Crippen LogP contribution in [0.2, 0.25) is 0 Å². The lowest BCUT2D eigenvalue weighted by Gasteiger charge is -2.47. The predicted molar refractivity (Wildman–Crippen MR) is 106 cm³/mol. The highest BCUT2D eigenvalue weighted by Gasteiger charge is 2.62. The predicted octanol–water partition coefficient (Wildman–Crippen LogP) is -0.227. The molecule has 0 unspecified atom stereocenters. The maximum atomic E-state index is 12.0. The Balaban J connectivity index is 1.74. The van der Waals surface area contributed by atoms with E-state index in [-0.39, 0.29) is 24.7 Å². The second kappa shape index (κ2) is 8.37. The smallest absolute Gasteiger partial charge is 0.248 e. The fourth-order valence-corrected chi connectivity index (χ4v) is 4.28. The molecule has 9 nitrogen and oxygen atoms in total. The third kappa shape index (κ3) is 4.92. The standard InChI is InChI=1S/C20H37N3O6/c1-18(2)28-17-16(26-12-15(25)22(5)6)14(24)11-27-20(17,29-18)13-23-9-7-19(3,21-4)8-10-23/h14,16-17,21,24H,7-13H2,1-6H3/t14-,16-,17+,20+/m1/s1. The Kier molecular flexibility index (Phi) is 6.60. The van der Waals surface area contributed by atoms with E-state index in [1.165, 1.54) is 4.90 Å². The SMILES string of the molecule is CNC1(C)CCN(C[C@@]23OC[C@@H](O)[C@@H](OCC(=O)N(C)C)[C@@H]2OC(C)(C)O3)CC1. The first kappa shape index (κ1) is 22.9. The fraction of sp³-hybridized carbons (Fsp3) is 0.950. The molecular formula is C20H37N3O6. The molecule has 3 rings (SSSR count). The third-order valence-electron chi connectivity index (χ3n) is 6.34. The minimum Gasteiger partial charge on any atom is -0.388 e. The topological polar surface area (TPSA) is 92.7 Å². The molecule has 3 fully saturated rings. The van der Waals surface area contributed by atoms with Gasteiger partial charge in [0.25, 0.3) is 0 Å². The lowest BCUT2D eigenvalue weighted by molar-refractivity contribution is -0.301. The number of rotatable bonds is 6. The van der Waals surface area contributed by atoms with Gasteiger partial charge in [-0.25, -0.2) is 0 Å². The van der Waals surface area contributed by atoms with Gasteiger partial charge in [0, 0.05) is 32.7 Å². The Morgan fingerprint density at radius 2 is 1.93 bits per heavy atom. The van der Waals surface area contributed by atoms with E-state index in [0.717, 1.165) is 25.9 Å². The normalized spacial score (nSPS) is 36.6. The van der Waals surface area contributed by atoms with Gasteiger partial charge in [-0.05, 0) is 40.7 Å². The average molecular weight is 416 g/mol. The Morgan fingerprint density at radius 1 is 1.28 bits per heavy atom. The number of fused-ring (bicyclic) bond motifs is 1. The van der Waals surface area contributed by atoms with Crippen LogP contribution in [0.4, 0.5) is 0 Å². The monoisotopic (exact) mass is 415 g/mol. The molecule has 0 radical (unpaired) electrons. The molecule has 29 heavy (non-hydrogen) atoms. The maximum Gasteiger partial charge on any atom is 0.248 e. The Hall–Kier alpha value is -0.810. The second-order valence-corrected chi connectivity index (χ2v) is 9.38. The van der Waals surface area contributed by atoms with Gasteiger partial charge in [-0.15, -0.1) is 0 Å². The largest absolute Gasteiger partial charge is 0.388 e. The number of carbonyl (C=O) groups is 1. The Morgan fingerprint density at radius 3 is 2.52 bits per heavy atom. The van der Waals surface area contributed by atoms with Gasteiger partial charge in [-0.3, -0.25) is 9.69 Å². The van der Waals surface area contributed by atoms with E-state index in [1.807, 2.05) is 20.9 Å². The molecule has 0 aromatic heterocycles. The highest BCUT2D eigenvalue weighted by Crippen LogP contribution is 2.44. The fourth-order valence-electron chi connectivity index (χ4n) is 4.28. The van der Waals surface area contributed by atoms with Gasteiger partial charge in [0.15, 0.2) is 5.79 Å². The van der Waals surface area contributed by atoms with Crippen LogP contribution in [0.3, 0.4) is 0 Å². The van der Waals surface area contributed by atoms with Gasteiger partial charge >= 0.3 is 0 Å². The van der Waals surface area contributed by atoms with Crippen LogP contribution in [0.25, 0.3) is 0 Å². The summed E-state index contributed by atoms with van der Waals surface area (Å²) in [6.07, 6.45) is -0.187. The number of hydrogen-bond acceptors (Lipinski definition) is 8. The molecule has 0 saturated carbocycles. The number of ether oxygens (including phenoxy) is 4. The van der Waals surface area contributed by atoms with Crippen LogP contribution in [0.1, 0.15) is 33.6 Å². The molecule has 0 aromatic rings. The maximum absolute atomic E-state index is 12.0. The Labute approximate surface area is 173 Å². The third-order valence-corrected chi connectivity index (χ3v) is 6.34. The van der Waals surface area contributed by atoms with Crippen molar-refractivity contribution in [2.45, 2.75) is 69.0 Å². The molecular weight excluding hydrogens is 378 g/mol. The zero-order chi connectivity index (χ0) is 21.4. The van der Waals surface area contributed by atoms with E-state index in [4.69, 9.17) is 18.9 Å². The number of aliphatic hydroxyl groups excluding tert-OH is 1. The van der Waals surface area contributed by atoms with Crippen molar-refractivity contribution in [2.24, 2.45) is 0 Å². The minimum absolute atomic E-state index is 0.0683. The first-order valence-electron chi connectivity index (χ1n) is 10.4. The minimum atomic E-state index is -1.04. The molecule has 3 aliphatic heterocycles. The van der Waals surface area contributed by atoms with E-state index in [2.05, 4.69) is 17.1 Å². The molecule has 4 atom stereocenters. The van der Waals surface area contributed by atoms with Crippen molar-refractivity contribution in [3.05, 3.63) is 0 Å². The van der Waals surface area contributed by atoms with E-state index in [0.29, 0.717) is 6.54 Å². The van der Waals surface area contributed by atoms with Crippen LogP contribution in [-0.2, 0) is 23.7 Å². The summed E-state index contributed by atoms with van der Waals surface area (Å²) in [5.74, 6) is -2.09. The number of amides is 1. The Bertz CT molecular complexity index is 593. The van der Waals surface area contributed by atoms with Crippen molar-refractivity contribution in [2.75, 3.05) is 54.0 Å². The van der Waals surface area contributed by atoms with E-state index in [9.17, 15) is 9.90 Å². The van der Waals surface area contributed by atoms with Gasteiger partial charge < -0.3 is 34.3 Å². The van der Waals surface area contributed by atoms with Gasteiger partial charge in [0.2, 0.25) is 11.7 Å². The quantitative estimate of drug-likeness (QED) is 0.615. The number of likely N-dealkylation sites (tertiary alicyclic amines) is 1. The van der Waals surface area contributed by atoms with Crippen molar-refractivity contribution in [3.63, 3.8) is 0 Å². The average Bonchev–Trinajstić information content (AvgIpc) is 2.93. The number of likely N-dealkylation sites (N-methyl/N-ethyl adjacent to an activating group) is 1. The van der Waals surface area contributed by atoms with E-state index < -0.39 is 29.9 Å². The highest BCUT2D eigenvalue weighted by atomic mass is 16.8. The summed E-state index contributed by atoms with van der Waals surface area (Å²) >= 11 is 0. The molecule has 0 spiro atoms. The summed E-state index contributed by atoms with van der Waals surface area (Å²) in [4.78, 5) is 15.8. The zero-order valence-corrected chi connectivity index (χ0v) is 18.6. The van der Waals surface area contributed by atoms with Gasteiger partial charge in [0.1, 0.15) is 24.9 Å². The summed E-state index contributed by atoms with van der Waals surface area (Å²) < 4.78 is 24.3. The van der Waals surface area contributed by atoms with Crippen molar-refractivity contribution < 1.29 is 28.8 Å². The zero-order valence-electron chi connectivity index (χ0n) is 18.6. The van der Waals surface area contributed by atoms with Crippen molar-refractivity contribution in [3.8, 4) is 0 Å². The summed E-state index contributed by atoms with van der Waals surface area (Å²) in [6.45, 7) is 8.18. The molecule has 3 heterocycles. The van der Waals surface area contributed by atoms with Crippen molar-refractivity contribution in [1.82, 2.24) is 15.1 Å². The number of aliphatic hydroxyl groups is 1. The lowest BCUT2D eigenvalue weighted by Crippen LogP contribution is -2.65. The van der Waals surface area contributed by atoms with Crippen molar-refractivity contribution in [1.29, 1.82) is 0 Å². The highest BCUT2D eigenvalue weighted by molar-refractivity contribution is 5.76. The number of hydrogen-bond donors (Lipinski definition) is 2.